The molecule has 0 saturated carbocycles. The van der Waals surface area contributed by atoms with E-state index in [1.54, 1.807) is 30.3 Å². The third-order valence-electron chi connectivity index (χ3n) is 3.58. The fourth-order valence-corrected chi connectivity index (χ4v) is 3.68. The number of anilines is 1. The van der Waals surface area contributed by atoms with Gasteiger partial charge in [-0.05, 0) is 42.1 Å². The van der Waals surface area contributed by atoms with Gasteiger partial charge in [-0.1, -0.05) is 41.4 Å². The number of aromatic hydroxyl groups is 1. The smallest absolute Gasteiger partial charge is 0.294 e. The van der Waals surface area contributed by atoms with E-state index in [0.717, 1.165) is 4.90 Å². The summed E-state index contributed by atoms with van der Waals surface area (Å²) in [6.45, 7) is -0.417. The number of hydrogen-bond acceptors (Lipinski definition) is 5. The maximum atomic E-state index is 12.5. The van der Waals surface area contributed by atoms with E-state index in [4.69, 9.17) is 23.2 Å². The first kappa shape index (κ1) is 19.3. The number of para-hydroxylation sites is 1. The number of amides is 3. The molecule has 2 aromatic rings. The van der Waals surface area contributed by atoms with Crippen LogP contribution in [-0.4, -0.2) is 33.6 Å². The summed E-state index contributed by atoms with van der Waals surface area (Å²) >= 11 is 12.4. The Morgan fingerprint density at radius 2 is 1.89 bits per heavy atom. The third kappa shape index (κ3) is 4.44. The third-order valence-corrected chi connectivity index (χ3v) is 4.99. The normalized spacial score (nSPS) is 15.5. The number of phenolic OH excluding ortho intramolecular Hbond substituents is 1. The molecule has 0 unspecified atom stereocenters. The number of imide groups is 1. The van der Waals surface area contributed by atoms with Gasteiger partial charge in [0.2, 0.25) is 5.91 Å². The van der Waals surface area contributed by atoms with Gasteiger partial charge in [-0.2, -0.15) is 0 Å². The zero-order valence-corrected chi connectivity index (χ0v) is 15.9. The molecule has 2 aromatic carbocycles. The summed E-state index contributed by atoms with van der Waals surface area (Å²) in [7, 11) is 0. The van der Waals surface area contributed by atoms with Crippen LogP contribution in [0.3, 0.4) is 0 Å². The number of carbonyl (C=O) groups is 3. The molecule has 0 bridgehead atoms. The minimum absolute atomic E-state index is 0.0233. The highest BCUT2D eigenvalue weighted by Gasteiger charge is 2.36. The zero-order valence-electron chi connectivity index (χ0n) is 13.6. The Kier molecular flexibility index (Phi) is 5.74. The molecule has 2 N–H and O–H groups in total. The SMILES string of the molecule is O=C(CN1C(=O)S/C(=C\c2cc(Cl)cc(Cl)c2O)C1=O)Nc1ccccc1. The molecule has 27 heavy (non-hydrogen) atoms. The highest BCUT2D eigenvalue weighted by Crippen LogP contribution is 2.37. The van der Waals surface area contributed by atoms with Gasteiger partial charge in [-0.25, -0.2) is 0 Å². The summed E-state index contributed by atoms with van der Waals surface area (Å²) in [6, 6.07) is 11.5. The van der Waals surface area contributed by atoms with E-state index < -0.39 is 23.6 Å². The van der Waals surface area contributed by atoms with Crippen LogP contribution in [0.15, 0.2) is 47.4 Å². The van der Waals surface area contributed by atoms with Gasteiger partial charge >= 0.3 is 0 Å². The second-order valence-corrected chi connectivity index (χ2v) is 7.34. The monoisotopic (exact) mass is 422 g/mol. The lowest BCUT2D eigenvalue weighted by molar-refractivity contribution is -0.127. The number of phenols is 1. The number of halogens is 2. The van der Waals surface area contributed by atoms with Crippen molar-refractivity contribution < 1.29 is 19.5 Å². The van der Waals surface area contributed by atoms with Crippen LogP contribution in [0.25, 0.3) is 6.08 Å². The molecule has 1 aliphatic rings. The largest absolute Gasteiger partial charge is 0.506 e. The first-order valence-corrected chi connectivity index (χ1v) is 9.20. The maximum Gasteiger partial charge on any atom is 0.294 e. The second-order valence-electron chi connectivity index (χ2n) is 5.51. The maximum absolute atomic E-state index is 12.5. The van der Waals surface area contributed by atoms with Crippen molar-refractivity contribution in [3.05, 3.63) is 63.0 Å². The Hall–Kier alpha value is -2.48. The fourth-order valence-electron chi connectivity index (χ4n) is 2.34. The molecule has 0 atom stereocenters. The minimum atomic E-state index is -0.635. The summed E-state index contributed by atoms with van der Waals surface area (Å²) in [4.78, 5) is 37.6. The molecule has 3 rings (SSSR count). The first-order valence-electron chi connectivity index (χ1n) is 7.63. The van der Waals surface area contributed by atoms with Crippen molar-refractivity contribution >= 4 is 63.8 Å². The Labute approximate surface area is 168 Å². The molecule has 1 fully saturated rings. The van der Waals surface area contributed by atoms with Crippen LogP contribution in [0, 0.1) is 0 Å². The molecule has 9 heteroatoms. The average Bonchev–Trinajstić information content (AvgIpc) is 2.87. The molecule has 0 spiro atoms. The first-order chi connectivity index (χ1) is 12.8. The lowest BCUT2D eigenvalue weighted by Gasteiger charge is -2.12. The Morgan fingerprint density at radius 1 is 1.19 bits per heavy atom. The van der Waals surface area contributed by atoms with Crippen molar-refractivity contribution in [3.8, 4) is 5.75 Å². The number of nitrogens with one attached hydrogen (secondary N) is 1. The highest BCUT2D eigenvalue weighted by atomic mass is 35.5. The van der Waals surface area contributed by atoms with Crippen molar-refractivity contribution in [2.45, 2.75) is 0 Å². The molecule has 1 heterocycles. The molecule has 6 nitrogen and oxygen atoms in total. The summed E-state index contributed by atoms with van der Waals surface area (Å²) in [5, 5.41) is 12.3. The van der Waals surface area contributed by atoms with Gasteiger partial charge in [0.05, 0.1) is 9.93 Å². The van der Waals surface area contributed by atoms with Crippen molar-refractivity contribution in [2.75, 3.05) is 11.9 Å². The summed E-state index contributed by atoms with van der Waals surface area (Å²) in [5.41, 5.74) is 0.759. The van der Waals surface area contributed by atoms with E-state index in [1.807, 2.05) is 0 Å². The Morgan fingerprint density at radius 3 is 2.59 bits per heavy atom. The molecular formula is C18H12Cl2N2O4S. The number of hydrogen-bond donors (Lipinski definition) is 2. The van der Waals surface area contributed by atoms with Crippen LogP contribution >= 0.6 is 35.0 Å². The van der Waals surface area contributed by atoms with Gasteiger partial charge in [0, 0.05) is 16.3 Å². The van der Waals surface area contributed by atoms with E-state index >= 15 is 0 Å². The number of rotatable bonds is 4. The minimum Gasteiger partial charge on any atom is -0.506 e. The zero-order chi connectivity index (χ0) is 19.6. The van der Waals surface area contributed by atoms with E-state index in [-0.39, 0.29) is 26.3 Å². The van der Waals surface area contributed by atoms with Crippen LogP contribution < -0.4 is 5.32 Å². The standard InChI is InChI=1S/C18H12Cl2N2O4S/c19-11-6-10(16(24)13(20)8-11)7-14-17(25)22(18(26)27-14)9-15(23)21-12-4-2-1-3-5-12/h1-8,24H,9H2,(H,21,23)/b14-7-. The van der Waals surface area contributed by atoms with Crippen LogP contribution in [0.1, 0.15) is 5.56 Å². The molecular weight excluding hydrogens is 411 g/mol. The van der Waals surface area contributed by atoms with Crippen LogP contribution in [0.4, 0.5) is 10.5 Å². The molecule has 3 amide bonds. The Bertz CT molecular complexity index is 963. The number of carbonyl (C=O) groups excluding carboxylic acids is 3. The van der Waals surface area contributed by atoms with Crippen molar-refractivity contribution in [1.82, 2.24) is 4.90 Å². The van der Waals surface area contributed by atoms with Gasteiger partial charge in [0.15, 0.2) is 0 Å². The van der Waals surface area contributed by atoms with E-state index in [0.29, 0.717) is 17.4 Å². The second kappa shape index (κ2) is 8.04. The summed E-state index contributed by atoms with van der Waals surface area (Å²) in [6.07, 6.45) is 1.31. The van der Waals surface area contributed by atoms with Crippen molar-refractivity contribution in [2.24, 2.45) is 0 Å². The lowest BCUT2D eigenvalue weighted by Crippen LogP contribution is -2.36. The van der Waals surface area contributed by atoms with Crippen molar-refractivity contribution in [1.29, 1.82) is 0 Å². The summed E-state index contributed by atoms with van der Waals surface area (Å²) < 4.78 is 0. The molecule has 1 aliphatic heterocycles. The molecule has 1 saturated heterocycles. The lowest BCUT2D eigenvalue weighted by atomic mass is 10.2. The van der Waals surface area contributed by atoms with Gasteiger partial charge in [-0.3, -0.25) is 19.3 Å². The van der Waals surface area contributed by atoms with Crippen LogP contribution in [0.5, 0.6) is 5.75 Å². The van der Waals surface area contributed by atoms with Crippen LogP contribution in [-0.2, 0) is 9.59 Å². The number of thioether (sulfide) groups is 1. The van der Waals surface area contributed by atoms with Gasteiger partial charge in [-0.15, -0.1) is 0 Å². The number of benzene rings is 2. The predicted molar refractivity (Wildman–Crippen MR) is 106 cm³/mol. The van der Waals surface area contributed by atoms with Crippen LogP contribution in [0.2, 0.25) is 10.0 Å². The topological polar surface area (TPSA) is 86.7 Å². The van der Waals surface area contributed by atoms with E-state index in [9.17, 15) is 19.5 Å². The highest BCUT2D eigenvalue weighted by molar-refractivity contribution is 8.18. The van der Waals surface area contributed by atoms with E-state index in [1.165, 1.54) is 18.2 Å². The van der Waals surface area contributed by atoms with Gasteiger partial charge in [0.1, 0.15) is 12.3 Å². The fraction of sp³-hybridized carbons (Fsp3) is 0.0556. The average molecular weight is 423 g/mol. The van der Waals surface area contributed by atoms with Gasteiger partial charge in [0.25, 0.3) is 11.1 Å². The molecule has 0 aliphatic carbocycles. The number of nitrogens with zero attached hydrogens (tertiary/aromatic N) is 1. The summed E-state index contributed by atoms with van der Waals surface area (Å²) in [5.74, 6) is -1.39. The van der Waals surface area contributed by atoms with Gasteiger partial charge < -0.3 is 10.4 Å². The predicted octanol–water partition coefficient (Wildman–Crippen LogP) is 4.37. The molecule has 0 aromatic heterocycles. The quantitative estimate of drug-likeness (QED) is 0.714. The van der Waals surface area contributed by atoms with E-state index in [2.05, 4.69) is 5.32 Å². The van der Waals surface area contributed by atoms with Crippen molar-refractivity contribution in [3.63, 3.8) is 0 Å². The molecule has 138 valence electrons. The molecule has 0 radical (unpaired) electrons. The Balaban J connectivity index is 1.76.